The number of hydrogen-bond acceptors (Lipinski definition) is 15. The number of nitrogen functional groups attached to an aromatic ring is 1. The minimum atomic E-state index is -3.85. The number of nitrogens with zero attached hydrogens (tertiary/aromatic N) is 12. The number of benzene rings is 2. The smallest absolute Gasteiger partial charge is 0.338 e. The molecule has 0 saturated carbocycles. The molecule has 2 aliphatic heterocycles. The van der Waals surface area contributed by atoms with Gasteiger partial charge in [-0.2, -0.15) is 8.61 Å². The van der Waals surface area contributed by atoms with Crippen molar-refractivity contribution in [3.8, 4) is 23.0 Å². The van der Waals surface area contributed by atoms with Crippen LogP contribution in [0.15, 0.2) is 70.5 Å². The third kappa shape index (κ3) is 10.3. The van der Waals surface area contributed by atoms with Gasteiger partial charge in [0.2, 0.25) is 31.7 Å². The summed E-state index contributed by atoms with van der Waals surface area (Å²) >= 11 is 0. The van der Waals surface area contributed by atoms with E-state index in [9.17, 15) is 35.2 Å². The molecule has 0 fully saturated rings. The lowest BCUT2D eigenvalue weighted by Gasteiger charge is -2.29. The Morgan fingerprint density at radius 1 is 0.687 bits per heavy atom. The topological polar surface area (TPSA) is 280 Å². The van der Waals surface area contributed by atoms with Gasteiger partial charge in [0.05, 0.1) is 33.0 Å². The summed E-state index contributed by atoms with van der Waals surface area (Å²) in [5, 5.41) is 34.4. The number of tetrazole rings is 2. The molecule has 2 aromatic carbocycles. The average Bonchev–Trinajstić information content (AvgIpc) is 4.02. The molecule has 4 aromatic heterocycles. The number of hydrogen-bond donors (Lipinski definition) is 3. The van der Waals surface area contributed by atoms with Crippen molar-refractivity contribution in [1.82, 2.24) is 59.0 Å². The zero-order valence-electron chi connectivity index (χ0n) is 38.3. The minimum Gasteiger partial charge on any atom is -0.478 e. The molecule has 0 saturated heterocycles. The number of amides is 1. The number of rotatable bonds is 7. The number of fused-ring (bicyclic) bond motifs is 2. The van der Waals surface area contributed by atoms with Crippen LogP contribution < -0.4 is 11.1 Å². The maximum Gasteiger partial charge on any atom is 0.338 e. The fourth-order valence-corrected chi connectivity index (χ4v) is 11.0. The van der Waals surface area contributed by atoms with E-state index in [4.69, 9.17) is 10.8 Å². The van der Waals surface area contributed by atoms with Crippen molar-refractivity contribution in [2.24, 2.45) is 0 Å². The number of anilines is 2. The Bertz CT molecular complexity index is 3090. The van der Waals surface area contributed by atoms with Crippen LogP contribution in [0.1, 0.15) is 113 Å². The second-order valence-corrected chi connectivity index (χ2v) is 21.6. The number of carbonyl (C=O) groups excluding carboxylic acids is 1. The molecule has 6 heterocycles. The highest BCUT2D eigenvalue weighted by Gasteiger charge is 2.43. The second kappa shape index (κ2) is 18.5. The van der Waals surface area contributed by atoms with Crippen molar-refractivity contribution in [3.63, 3.8) is 0 Å². The Labute approximate surface area is 385 Å². The molecule has 21 nitrogen and oxygen atoms in total. The molecule has 4 N–H and O–H groups in total. The van der Waals surface area contributed by atoms with Crippen LogP contribution in [0.5, 0.6) is 0 Å². The van der Waals surface area contributed by atoms with Crippen molar-refractivity contribution in [1.29, 1.82) is 0 Å². The van der Waals surface area contributed by atoms with E-state index in [0.29, 0.717) is 34.4 Å². The molecular weight excluding hydrogens is 915 g/mol. The highest BCUT2D eigenvalue weighted by Crippen LogP contribution is 2.38. The van der Waals surface area contributed by atoms with E-state index in [1.807, 2.05) is 39.8 Å². The molecular formula is C42H50F2N14O7S2. The number of pyridine rings is 2. The van der Waals surface area contributed by atoms with E-state index in [-0.39, 0.29) is 51.9 Å². The third-order valence-electron chi connectivity index (χ3n) is 10.2. The summed E-state index contributed by atoms with van der Waals surface area (Å²) in [4.78, 5) is 32.1. The average molecular weight is 965 g/mol. The van der Waals surface area contributed by atoms with Gasteiger partial charge in [-0.05, 0) is 150 Å². The molecule has 6 aromatic rings. The van der Waals surface area contributed by atoms with Crippen LogP contribution in [0.2, 0.25) is 0 Å². The van der Waals surface area contributed by atoms with Crippen LogP contribution in [0, 0.1) is 11.6 Å². The maximum absolute atomic E-state index is 14.8. The zero-order chi connectivity index (χ0) is 49.6. The first kappa shape index (κ1) is 49.7. The van der Waals surface area contributed by atoms with Crippen LogP contribution >= 0.6 is 0 Å². The molecule has 67 heavy (non-hydrogen) atoms. The number of aromatic carboxylic acids is 1. The number of aromatic nitrogens is 10. The summed E-state index contributed by atoms with van der Waals surface area (Å²) in [6, 6.07) is 14.5. The van der Waals surface area contributed by atoms with Gasteiger partial charge in [0.15, 0.2) is 0 Å². The van der Waals surface area contributed by atoms with Gasteiger partial charge >= 0.3 is 5.97 Å². The second-order valence-electron chi connectivity index (χ2n) is 17.9. The fraction of sp³-hybridized carbons (Fsp3) is 0.381. The molecule has 25 heteroatoms. The quantitative estimate of drug-likeness (QED) is 0.172. The van der Waals surface area contributed by atoms with Crippen molar-refractivity contribution in [3.05, 3.63) is 94.6 Å². The minimum absolute atomic E-state index is 0.00910. The molecule has 0 radical (unpaired) electrons. The van der Waals surface area contributed by atoms with E-state index in [2.05, 4.69) is 46.3 Å². The van der Waals surface area contributed by atoms with Gasteiger partial charge in [0, 0.05) is 24.2 Å². The molecule has 0 bridgehead atoms. The summed E-state index contributed by atoms with van der Waals surface area (Å²) in [6.07, 6.45) is 0. The lowest BCUT2D eigenvalue weighted by molar-refractivity contribution is 0.0691. The Hall–Kier alpha value is -6.70. The highest BCUT2D eigenvalue weighted by molar-refractivity contribution is 7.89. The number of halogens is 2. The van der Waals surface area contributed by atoms with Crippen LogP contribution in [0.4, 0.5) is 20.4 Å². The van der Waals surface area contributed by atoms with Crippen molar-refractivity contribution in [2.75, 3.05) is 11.1 Å². The predicted molar refractivity (Wildman–Crippen MR) is 240 cm³/mol. The molecule has 0 spiro atoms. The van der Waals surface area contributed by atoms with Gasteiger partial charge in [-0.15, -0.1) is 10.2 Å². The summed E-state index contributed by atoms with van der Waals surface area (Å²) in [7, 11) is -7.63. The normalized spacial score (nSPS) is 15.3. The third-order valence-corrected chi connectivity index (χ3v) is 14.6. The summed E-state index contributed by atoms with van der Waals surface area (Å²) in [5.41, 5.74) is 4.97. The zero-order valence-corrected chi connectivity index (χ0v) is 39.9. The van der Waals surface area contributed by atoms with Gasteiger partial charge in [0.25, 0.3) is 5.91 Å². The van der Waals surface area contributed by atoms with Crippen LogP contribution in [-0.2, 0) is 33.1 Å². The molecule has 356 valence electrons. The lowest BCUT2D eigenvalue weighted by atomic mass is 10.1. The van der Waals surface area contributed by atoms with E-state index >= 15 is 0 Å². The predicted octanol–water partition coefficient (Wildman–Crippen LogP) is 5.74. The van der Waals surface area contributed by atoms with Crippen LogP contribution in [0.25, 0.3) is 23.0 Å². The molecule has 8 rings (SSSR count). The Kier molecular flexibility index (Phi) is 13.8. The Morgan fingerprint density at radius 3 is 1.55 bits per heavy atom. The summed E-state index contributed by atoms with van der Waals surface area (Å²) in [5.74, 6) is -2.36. The van der Waals surface area contributed by atoms with Crippen LogP contribution in [0.3, 0.4) is 0 Å². The monoisotopic (exact) mass is 964 g/mol. The van der Waals surface area contributed by atoms with Gasteiger partial charge < -0.3 is 16.2 Å². The molecule has 0 unspecified atom stereocenters. The van der Waals surface area contributed by atoms with Crippen molar-refractivity contribution >= 4 is 43.6 Å². The van der Waals surface area contributed by atoms with E-state index in [1.54, 1.807) is 69.1 Å². The first-order valence-corrected chi connectivity index (χ1v) is 23.5. The summed E-state index contributed by atoms with van der Waals surface area (Å²) < 4.78 is 84.8. The number of carbonyl (C=O) groups is 2. The van der Waals surface area contributed by atoms with E-state index in [0.717, 1.165) is 24.3 Å². The number of nitrogens with two attached hydrogens (primary N) is 1. The molecule has 0 aliphatic carbocycles. The number of carboxylic acid groups (broad SMARTS) is 1. The first-order valence-electron chi connectivity index (χ1n) is 20.6. The highest BCUT2D eigenvalue weighted by atomic mass is 32.2. The van der Waals surface area contributed by atoms with E-state index < -0.39 is 60.2 Å². The molecule has 1 amide bonds. The van der Waals surface area contributed by atoms with Crippen LogP contribution in [-0.4, -0.2) is 104 Å². The van der Waals surface area contributed by atoms with Gasteiger partial charge in [-0.25, -0.2) is 49.7 Å². The number of nitrogens with one attached hydrogen (secondary N) is 1. The largest absolute Gasteiger partial charge is 0.478 e. The lowest BCUT2D eigenvalue weighted by Crippen LogP contribution is -2.41. The van der Waals surface area contributed by atoms with Gasteiger partial charge in [-0.1, -0.05) is 12.1 Å². The standard InChI is InChI=1S/C21H24FN7O3S.C12H14FNO4S.C9H12N6/c1-12(2)29-19(25-26-27-29)16-7-6-8-18(23-16)24-20(30)14-10-17-13(9-15(14)22)11-28(21(3,4)5)33(17,31)32;1-12(2,3)14-6-7-4-9(13)8(11(15)16)5-10(7)19(14,17)18;1-6(2)15-9(12-13-14-15)7-4-3-5-8(10)11-7/h6-10,12H,11H2,1-5H3,(H,23,24,30);4-5H,6H2,1-3H3,(H,15,16);3-6H,1-2H3,(H2,10,11). The van der Waals surface area contributed by atoms with E-state index in [1.165, 1.54) is 14.7 Å². The van der Waals surface area contributed by atoms with Gasteiger partial charge in [-0.3, -0.25) is 4.79 Å². The maximum atomic E-state index is 14.8. The SMILES string of the molecule is CC(C)(C)N1Cc2cc(F)c(C(=O)O)cc2S1(=O)=O.CC(C)n1nnnc1-c1cccc(N)n1.CC(C)n1nnnc1-c1cccc(NC(=O)c2cc3c(cc2F)CN(C(C)(C)C)S3(=O)=O)n1. The Balaban J connectivity index is 0.000000183. The van der Waals surface area contributed by atoms with Crippen molar-refractivity contribution < 1.29 is 40.3 Å². The molecule has 2 aliphatic rings. The van der Waals surface area contributed by atoms with Crippen molar-refractivity contribution in [2.45, 2.75) is 115 Å². The number of carboxylic acids is 1. The number of sulfonamides is 2. The first-order chi connectivity index (χ1) is 31.1. The summed E-state index contributed by atoms with van der Waals surface area (Å²) in [6.45, 7) is 18.4. The fourth-order valence-electron chi connectivity index (χ4n) is 6.98. The molecule has 0 atom stereocenters. The Morgan fingerprint density at radius 2 is 1.12 bits per heavy atom. The van der Waals surface area contributed by atoms with Gasteiger partial charge in [0.1, 0.15) is 34.7 Å².